The predicted molar refractivity (Wildman–Crippen MR) is 83.2 cm³/mol. The minimum absolute atomic E-state index is 0.113. The van der Waals surface area contributed by atoms with Crippen molar-refractivity contribution in [3.05, 3.63) is 69.2 Å². The number of aryl methyl sites for hydroxylation is 1. The van der Waals surface area contributed by atoms with Crippen molar-refractivity contribution in [1.29, 1.82) is 0 Å². The summed E-state index contributed by atoms with van der Waals surface area (Å²) in [7, 11) is 0. The Morgan fingerprint density at radius 2 is 1.68 bits per heavy atom. The van der Waals surface area contributed by atoms with Crippen LogP contribution in [0.2, 0.25) is 10.0 Å². The number of hydrogen-bond donors (Lipinski definition) is 1. The van der Waals surface area contributed by atoms with Crippen LogP contribution in [0.25, 0.3) is 0 Å². The molecule has 0 heterocycles. The standard InChI is InChI=1S/C16H17Cl2N/c1-3-19-16(15-7-5-4-6-11(15)2)12-8-13(17)10-14(18)9-12/h4-10,16,19H,3H2,1-2H3. The van der Waals surface area contributed by atoms with E-state index >= 15 is 0 Å². The number of hydrogen-bond acceptors (Lipinski definition) is 1. The van der Waals surface area contributed by atoms with Gasteiger partial charge in [-0.1, -0.05) is 54.4 Å². The summed E-state index contributed by atoms with van der Waals surface area (Å²) < 4.78 is 0. The summed E-state index contributed by atoms with van der Waals surface area (Å²) in [5.74, 6) is 0. The molecule has 19 heavy (non-hydrogen) atoms. The molecule has 1 N–H and O–H groups in total. The Labute approximate surface area is 124 Å². The Kier molecular flexibility index (Phi) is 4.87. The summed E-state index contributed by atoms with van der Waals surface area (Å²) in [6.07, 6.45) is 0. The molecular weight excluding hydrogens is 277 g/mol. The number of halogens is 2. The van der Waals surface area contributed by atoms with Crippen LogP contribution in [0, 0.1) is 6.92 Å². The predicted octanol–water partition coefficient (Wildman–Crippen LogP) is 5.00. The third-order valence-electron chi connectivity index (χ3n) is 3.13. The van der Waals surface area contributed by atoms with Gasteiger partial charge in [0, 0.05) is 10.0 Å². The fourth-order valence-electron chi connectivity index (χ4n) is 2.26. The zero-order chi connectivity index (χ0) is 13.8. The average molecular weight is 294 g/mol. The summed E-state index contributed by atoms with van der Waals surface area (Å²) in [4.78, 5) is 0. The third-order valence-corrected chi connectivity index (χ3v) is 3.56. The minimum Gasteiger partial charge on any atom is -0.307 e. The molecule has 0 spiro atoms. The SMILES string of the molecule is CCNC(c1cc(Cl)cc(Cl)c1)c1ccccc1C. The highest BCUT2D eigenvalue weighted by Crippen LogP contribution is 2.29. The fourth-order valence-corrected chi connectivity index (χ4v) is 2.81. The zero-order valence-electron chi connectivity index (χ0n) is 11.1. The molecule has 1 atom stereocenters. The molecule has 1 unspecified atom stereocenters. The van der Waals surface area contributed by atoms with Crippen molar-refractivity contribution in [1.82, 2.24) is 5.32 Å². The van der Waals surface area contributed by atoms with Gasteiger partial charge in [0.05, 0.1) is 6.04 Å². The highest BCUT2D eigenvalue weighted by molar-refractivity contribution is 6.34. The molecule has 0 aliphatic heterocycles. The zero-order valence-corrected chi connectivity index (χ0v) is 12.6. The van der Waals surface area contributed by atoms with Gasteiger partial charge in [0.1, 0.15) is 0 Å². The van der Waals surface area contributed by atoms with E-state index in [-0.39, 0.29) is 6.04 Å². The van der Waals surface area contributed by atoms with Gasteiger partial charge in [-0.05, 0) is 48.4 Å². The second-order valence-electron chi connectivity index (χ2n) is 4.55. The van der Waals surface area contributed by atoms with Crippen LogP contribution in [0.4, 0.5) is 0 Å². The lowest BCUT2D eigenvalue weighted by atomic mass is 9.95. The number of rotatable bonds is 4. The van der Waals surface area contributed by atoms with E-state index in [1.165, 1.54) is 11.1 Å². The van der Waals surface area contributed by atoms with E-state index in [0.29, 0.717) is 10.0 Å². The highest BCUT2D eigenvalue weighted by Gasteiger charge is 2.15. The van der Waals surface area contributed by atoms with E-state index in [9.17, 15) is 0 Å². The molecule has 0 aromatic heterocycles. The first-order chi connectivity index (χ1) is 9.11. The molecule has 2 aromatic carbocycles. The molecule has 0 fully saturated rings. The van der Waals surface area contributed by atoms with Gasteiger partial charge >= 0.3 is 0 Å². The molecule has 3 heteroatoms. The molecule has 0 saturated heterocycles. The van der Waals surface area contributed by atoms with E-state index in [2.05, 4.69) is 37.4 Å². The van der Waals surface area contributed by atoms with Gasteiger partial charge in [0.15, 0.2) is 0 Å². The lowest BCUT2D eigenvalue weighted by Crippen LogP contribution is -2.22. The molecule has 0 saturated carbocycles. The van der Waals surface area contributed by atoms with Crippen LogP contribution in [-0.4, -0.2) is 6.54 Å². The molecule has 0 bridgehead atoms. The lowest BCUT2D eigenvalue weighted by Gasteiger charge is -2.21. The van der Waals surface area contributed by atoms with E-state index in [0.717, 1.165) is 12.1 Å². The lowest BCUT2D eigenvalue weighted by molar-refractivity contribution is 0.628. The second kappa shape index (κ2) is 6.42. The van der Waals surface area contributed by atoms with Crippen molar-refractivity contribution in [2.24, 2.45) is 0 Å². The first-order valence-electron chi connectivity index (χ1n) is 6.36. The molecule has 0 aliphatic rings. The van der Waals surface area contributed by atoms with Gasteiger partial charge in [0.2, 0.25) is 0 Å². The minimum atomic E-state index is 0.113. The summed E-state index contributed by atoms with van der Waals surface area (Å²) >= 11 is 12.2. The van der Waals surface area contributed by atoms with Gasteiger partial charge in [-0.15, -0.1) is 0 Å². The average Bonchev–Trinajstić information content (AvgIpc) is 2.36. The summed E-state index contributed by atoms with van der Waals surface area (Å²) in [6.45, 7) is 5.09. The smallest absolute Gasteiger partial charge is 0.0580 e. The van der Waals surface area contributed by atoms with Crippen molar-refractivity contribution in [2.45, 2.75) is 19.9 Å². The van der Waals surface area contributed by atoms with E-state index in [1.54, 1.807) is 6.07 Å². The van der Waals surface area contributed by atoms with Crippen LogP contribution in [-0.2, 0) is 0 Å². The fraction of sp³-hybridized carbons (Fsp3) is 0.250. The summed E-state index contributed by atoms with van der Waals surface area (Å²) in [6, 6.07) is 14.2. The first kappa shape index (κ1) is 14.4. The van der Waals surface area contributed by atoms with Gasteiger partial charge in [0.25, 0.3) is 0 Å². The van der Waals surface area contributed by atoms with Crippen molar-refractivity contribution >= 4 is 23.2 Å². The van der Waals surface area contributed by atoms with Gasteiger partial charge < -0.3 is 5.32 Å². The van der Waals surface area contributed by atoms with E-state index in [4.69, 9.17) is 23.2 Å². The van der Waals surface area contributed by atoms with Crippen molar-refractivity contribution in [3.63, 3.8) is 0 Å². The Balaban J connectivity index is 2.48. The van der Waals surface area contributed by atoms with Crippen LogP contribution in [0.15, 0.2) is 42.5 Å². The number of benzene rings is 2. The Morgan fingerprint density at radius 3 is 2.26 bits per heavy atom. The Bertz CT molecular complexity index is 546. The molecule has 0 radical (unpaired) electrons. The second-order valence-corrected chi connectivity index (χ2v) is 5.42. The van der Waals surface area contributed by atoms with Crippen LogP contribution in [0.5, 0.6) is 0 Å². The monoisotopic (exact) mass is 293 g/mol. The molecule has 2 aromatic rings. The first-order valence-corrected chi connectivity index (χ1v) is 7.12. The third kappa shape index (κ3) is 3.50. The van der Waals surface area contributed by atoms with Crippen LogP contribution in [0.1, 0.15) is 29.7 Å². The molecule has 0 aliphatic carbocycles. The van der Waals surface area contributed by atoms with Crippen LogP contribution < -0.4 is 5.32 Å². The quantitative estimate of drug-likeness (QED) is 0.836. The maximum Gasteiger partial charge on any atom is 0.0580 e. The van der Waals surface area contributed by atoms with Crippen LogP contribution >= 0.6 is 23.2 Å². The molecular formula is C16H17Cl2N. The number of nitrogens with one attached hydrogen (secondary N) is 1. The normalized spacial score (nSPS) is 12.4. The maximum atomic E-state index is 6.11. The molecule has 0 amide bonds. The van der Waals surface area contributed by atoms with Gasteiger partial charge in [-0.2, -0.15) is 0 Å². The molecule has 1 nitrogen and oxygen atoms in total. The largest absolute Gasteiger partial charge is 0.307 e. The van der Waals surface area contributed by atoms with E-state index < -0.39 is 0 Å². The Morgan fingerprint density at radius 1 is 1.05 bits per heavy atom. The van der Waals surface area contributed by atoms with Crippen molar-refractivity contribution < 1.29 is 0 Å². The van der Waals surface area contributed by atoms with Gasteiger partial charge in [-0.25, -0.2) is 0 Å². The maximum absolute atomic E-state index is 6.11. The van der Waals surface area contributed by atoms with Crippen LogP contribution in [0.3, 0.4) is 0 Å². The summed E-state index contributed by atoms with van der Waals surface area (Å²) in [5, 5.41) is 4.82. The van der Waals surface area contributed by atoms with Crippen molar-refractivity contribution in [3.8, 4) is 0 Å². The molecule has 2 rings (SSSR count). The topological polar surface area (TPSA) is 12.0 Å². The van der Waals surface area contributed by atoms with Gasteiger partial charge in [-0.3, -0.25) is 0 Å². The highest BCUT2D eigenvalue weighted by atomic mass is 35.5. The van der Waals surface area contributed by atoms with Crippen molar-refractivity contribution in [2.75, 3.05) is 6.54 Å². The summed E-state index contributed by atoms with van der Waals surface area (Å²) in [5.41, 5.74) is 3.60. The molecule has 100 valence electrons. The van der Waals surface area contributed by atoms with E-state index in [1.807, 2.05) is 18.2 Å². The Hall–Kier alpha value is -1.02.